The number of hydrogen-bond donors (Lipinski definition) is 2. The lowest BCUT2D eigenvalue weighted by atomic mass is 9.94. The van der Waals surface area contributed by atoms with Crippen molar-refractivity contribution in [1.29, 1.82) is 0 Å². The van der Waals surface area contributed by atoms with Crippen LogP contribution < -0.4 is 5.32 Å². The smallest absolute Gasteiger partial charge is 0.143 e. The van der Waals surface area contributed by atoms with Gasteiger partial charge in [0, 0.05) is 12.6 Å². The summed E-state index contributed by atoms with van der Waals surface area (Å²) < 4.78 is 1.64. The maximum atomic E-state index is 10.7. The summed E-state index contributed by atoms with van der Waals surface area (Å²) >= 11 is 0. The standard InChI is InChI=1S/C17H25N5O/c1-14(18-12-17(23)10-4-2-3-5-11-17)15-6-8-16(9-7-15)22-13-19-20-21-22/h6-9,13-14,18,23H,2-5,10-12H2,1H3. The van der Waals surface area contributed by atoms with Crippen LogP contribution in [0.15, 0.2) is 30.6 Å². The molecule has 0 saturated heterocycles. The van der Waals surface area contributed by atoms with E-state index in [4.69, 9.17) is 0 Å². The molecule has 0 aliphatic heterocycles. The third-order valence-corrected chi connectivity index (χ3v) is 4.78. The number of hydrogen-bond acceptors (Lipinski definition) is 5. The number of benzene rings is 1. The second-order valence-corrected chi connectivity index (χ2v) is 6.59. The number of rotatable bonds is 5. The molecular weight excluding hydrogens is 290 g/mol. The summed E-state index contributed by atoms with van der Waals surface area (Å²) in [6, 6.07) is 8.36. The zero-order valence-electron chi connectivity index (χ0n) is 13.6. The monoisotopic (exact) mass is 315 g/mol. The molecule has 0 amide bonds. The highest BCUT2D eigenvalue weighted by atomic mass is 16.3. The second-order valence-electron chi connectivity index (χ2n) is 6.59. The second kappa shape index (κ2) is 7.19. The molecule has 2 aromatic rings. The average Bonchev–Trinajstić information content (AvgIpc) is 3.02. The van der Waals surface area contributed by atoms with Gasteiger partial charge in [-0.1, -0.05) is 37.8 Å². The van der Waals surface area contributed by atoms with E-state index in [9.17, 15) is 5.11 Å². The Kier molecular flexibility index (Phi) is 5.03. The molecule has 23 heavy (non-hydrogen) atoms. The molecule has 1 aliphatic carbocycles. The van der Waals surface area contributed by atoms with Crippen LogP contribution in [0.2, 0.25) is 0 Å². The normalized spacial score (nSPS) is 19.2. The lowest BCUT2D eigenvalue weighted by Gasteiger charge is -2.29. The van der Waals surface area contributed by atoms with Gasteiger partial charge in [0.2, 0.25) is 0 Å². The van der Waals surface area contributed by atoms with E-state index >= 15 is 0 Å². The van der Waals surface area contributed by atoms with E-state index in [-0.39, 0.29) is 6.04 Å². The van der Waals surface area contributed by atoms with Gasteiger partial charge < -0.3 is 10.4 Å². The molecule has 3 rings (SSSR count). The first-order valence-corrected chi connectivity index (χ1v) is 8.45. The summed E-state index contributed by atoms with van der Waals surface area (Å²) in [4.78, 5) is 0. The fourth-order valence-corrected chi connectivity index (χ4v) is 3.22. The highest BCUT2D eigenvalue weighted by Gasteiger charge is 2.28. The van der Waals surface area contributed by atoms with Gasteiger partial charge in [-0.2, -0.15) is 0 Å². The molecule has 0 radical (unpaired) electrons. The third-order valence-electron chi connectivity index (χ3n) is 4.78. The van der Waals surface area contributed by atoms with E-state index in [1.54, 1.807) is 11.0 Å². The molecule has 1 aromatic heterocycles. The Hall–Kier alpha value is -1.79. The van der Waals surface area contributed by atoms with Crippen LogP contribution in [0.25, 0.3) is 5.69 Å². The van der Waals surface area contributed by atoms with Crippen LogP contribution in [0.5, 0.6) is 0 Å². The minimum atomic E-state index is -0.545. The molecule has 1 heterocycles. The molecular formula is C17H25N5O. The van der Waals surface area contributed by atoms with E-state index in [2.05, 4.69) is 39.9 Å². The summed E-state index contributed by atoms with van der Waals surface area (Å²) in [7, 11) is 0. The minimum Gasteiger partial charge on any atom is -0.389 e. The highest BCUT2D eigenvalue weighted by molar-refractivity contribution is 5.34. The fraction of sp³-hybridized carbons (Fsp3) is 0.588. The number of nitrogens with zero attached hydrogens (tertiary/aromatic N) is 4. The molecule has 1 unspecified atom stereocenters. The molecule has 2 N–H and O–H groups in total. The first-order valence-electron chi connectivity index (χ1n) is 8.45. The quantitative estimate of drug-likeness (QED) is 0.829. The van der Waals surface area contributed by atoms with Crippen molar-refractivity contribution < 1.29 is 5.11 Å². The van der Waals surface area contributed by atoms with Gasteiger partial charge in [-0.25, -0.2) is 4.68 Å². The van der Waals surface area contributed by atoms with Crippen LogP contribution in [-0.4, -0.2) is 37.5 Å². The van der Waals surface area contributed by atoms with Gasteiger partial charge >= 0.3 is 0 Å². The SMILES string of the molecule is CC(NCC1(O)CCCCCC1)c1ccc(-n2cnnn2)cc1. The summed E-state index contributed by atoms with van der Waals surface area (Å²) in [5.74, 6) is 0. The van der Waals surface area contributed by atoms with Crippen molar-refractivity contribution in [2.24, 2.45) is 0 Å². The predicted molar refractivity (Wildman–Crippen MR) is 88.2 cm³/mol. The Morgan fingerprint density at radius 2 is 1.87 bits per heavy atom. The van der Waals surface area contributed by atoms with Crippen molar-refractivity contribution in [3.8, 4) is 5.69 Å². The van der Waals surface area contributed by atoms with E-state index in [0.717, 1.165) is 31.4 Å². The minimum absolute atomic E-state index is 0.199. The fourth-order valence-electron chi connectivity index (χ4n) is 3.22. The molecule has 124 valence electrons. The molecule has 6 nitrogen and oxygen atoms in total. The van der Waals surface area contributed by atoms with Crippen molar-refractivity contribution in [1.82, 2.24) is 25.5 Å². The van der Waals surface area contributed by atoms with E-state index in [0.29, 0.717) is 6.54 Å². The summed E-state index contributed by atoms with van der Waals surface area (Å²) in [5, 5.41) is 25.4. The van der Waals surface area contributed by atoms with E-state index in [1.165, 1.54) is 18.4 Å². The summed E-state index contributed by atoms with van der Waals surface area (Å²) in [5.41, 5.74) is 1.59. The van der Waals surface area contributed by atoms with Crippen LogP contribution in [0.4, 0.5) is 0 Å². The van der Waals surface area contributed by atoms with Crippen LogP contribution in [0.3, 0.4) is 0 Å². The lowest BCUT2D eigenvalue weighted by molar-refractivity contribution is 0.0231. The number of aliphatic hydroxyl groups is 1. The van der Waals surface area contributed by atoms with Gasteiger partial charge in [-0.15, -0.1) is 5.10 Å². The summed E-state index contributed by atoms with van der Waals surface area (Å²) in [6.07, 6.45) is 8.15. The van der Waals surface area contributed by atoms with Crippen LogP contribution in [-0.2, 0) is 0 Å². The Balaban J connectivity index is 1.58. The van der Waals surface area contributed by atoms with Crippen LogP contribution in [0.1, 0.15) is 57.1 Å². The molecule has 6 heteroatoms. The lowest BCUT2D eigenvalue weighted by Crippen LogP contribution is -2.41. The van der Waals surface area contributed by atoms with Gasteiger partial charge in [-0.05, 0) is 47.9 Å². The van der Waals surface area contributed by atoms with E-state index in [1.807, 2.05) is 12.1 Å². The van der Waals surface area contributed by atoms with Crippen molar-refractivity contribution in [3.63, 3.8) is 0 Å². The van der Waals surface area contributed by atoms with Crippen molar-refractivity contribution in [2.45, 2.75) is 57.1 Å². The maximum Gasteiger partial charge on any atom is 0.143 e. The maximum absolute atomic E-state index is 10.7. The number of tetrazole rings is 1. The molecule has 0 spiro atoms. The molecule has 1 aliphatic rings. The zero-order valence-corrected chi connectivity index (χ0v) is 13.6. The van der Waals surface area contributed by atoms with Gasteiger partial charge in [0.05, 0.1) is 11.3 Å². The Labute approximate surface area is 136 Å². The largest absolute Gasteiger partial charge is 0.389 e. The third kappa shape index (κ3) is 4.14. The van der Waals surface area contributed by atoms with Gasteiger partial charge in [-0.3, -0.25) is 0 Å². The van der Waals surface area contributed by atoms with Gasteiger partial charge in [0.1, 0.15) is 6.33 Å². The molecule has 1 saturated carbocycles. The van der Waals surface area contributed by atoms with Crippen molar-refractivity contribution in [2.75, 3.05) is 6.54 Å². The first kappa shape index (κ1) is 16.1. The van der Waals surface area contributed by atoms with E-state index < -0.39 is 5.60 Å². The molecule has 1 fully saturated rings. The van der Waals surface area contributed by atoms with Crippen LogP contribution >= 0.6 is 0 Å². The number of nitrogens with one attached hydrogen (secondary N) is 1. The van der Waals surface area contributed by atoms with Crippen molar-refractivity contribution >= 4 is 0 Å². The van der Waals surface area contributed by atoms with Gasteiger partial charge in [0.25, 0.3) is 0 Å². The predicted octanol–water partition coefficient (Wildman–Crippen LogP) is 2.40. The molecule has 0 bridgehead atoms. The Morgan fingerprint density at radius 1 is 1.17 bits per heavy atom. The Bertz CT molecular complexity index is 588. The topological polar surface area (TPSA) is 75.9 Å². The van der Waals surface area contributed by atoms with Gasteiger partial charge in [0.15, 0.2) is 0 Å². The summed E-state index contributed by atoms with van der Waals surface area (Å²) in [6.45, 7) is 2.79. The number of aromatic nitrogens is 4. The first-order chi connectivity index (χ1) is 11.2. The average molecular weight is 315 g/mol. The zero-order chi connectivity index (χ0) is 16.1. The molecule has 1 atom stereocenters. The van der Waals surface area contributed by atoms with Crippen molar-refractivity contribution in [3.05, 3.63) is 36.2 Å². The highest BCUT2D eigenvalue weighted by Crippen LogP contribution is 2.27. The molecule has 1 aromatic carbocycles. The van der Waals surface area contributed by atoms with Crippen LogP contribution in [0, 0.1) is 0 Å². The Morgan fingerprint density at radius 3 is 2.48 bits per heavy atom.